The molecular weight excluding hydrogens is 274 g/mol. The van der Waals surface area contributed by atoms with Crippen LogP contribution in [-0.4, -0.2) is 24.7 Å². The Morgan fingerprint density at radius 1 is 1.10 bits per heavy atom. The van der Waals surface area contributed by atoms with Crippen molar-refractivity contribution >= 4 is 16.8 Å². The minimum Gasteiger partial charge on any atom is -0.338 e. The average molecular weight is 293 g/mol. The Morgan fingerprint density at radius 2 is 1.76 bits per heavy atom. The molecule has 0 N–H and O–H groups in total. The van der Waals surface area contributed by atoms with E-state index < -0.39 is 5.41 Å². The van der Waals surface area contributed by atoms with Crippen LogP contribution in [0.25, 0.3) is 10.9 Å². The molecule has 0 saturated carbocycles. The number of hydrogen-bond acceptors (Lipinski definition) is 5. The minimum absolute atomic E-state index is 0.0320. The Bertz CT molecular complexity index is 654. The van der Waals surface area contributed by atoms with E-state index in [4.69, 9.17) is 14.7 Å². The van der Waals surface area contributed by atoms with Gasteiger partial charge in [-0.15, -0.1) is 0 Å². The van der Waals surface area contributed by atoms with Crippen LogP contribution in [0.4, 0.5) is 0 Å². The summed E-state index contributed by atoms with van der Waals surface area (Å²) in [5, 5.41) is 0.748. The van der Waals surface area contributed by atoms with Crippen LogP contribution in [0.2, 0.25) is 0 Å². The molecule has 0 unspecified atom stereocenters. The van der Waals surface area contributed by atoms with Gasteiger partial charge in [0.1, 0.15) is 0 Å². The maximum atomic E-state index is 12.5. The highest BCUT2D eigenvalue weighted by atomic mass is 17.2. The van der Waals surface area contributed by atoms with Crippen molar-refractivity contribution in [3.63, 3.8) is 0 Å². The van der Waals surface area contributed by atoms with Crippen LogP contribution in [0.5, 0.6) is 11.5 Å². The monoisotopic (exact) mass is 293 g/mol. The number of hydrogen-bond donors (Lipinski definition) is 0. The normalized spacial score (nSPS) is 11.7. The van der Waals surface area contributed by atoms with Crippen molar-refractivity contribution in [1.29, 1.82) is 0 Å². The van der Waals surface area contributed by atoms with E-state index in [2.05, 4.69) is 4.89 Å². The molecule has 0 amide bonds. The van der Waals surface area contributed by atoms with Crippen LogP contribution in [0.15, 0.2) is 24.4 Å². The lowest BCUT2D eigenvalue weighted by Crippen LogP contribution is -2.25. The molecule has 0 aliphatic rings. The third-order valence-corrected chi connectivity index (χ3v) is 2.96. The summed E-state index contributed by atoms with van der Waals surface area (Å²) >= 11 is 0. The molecule has 0 saturated heterocycles. The zero-order chi connectivity index (χ0) is 15.6. The molecule has 1 heterocycles. The van der Waals surface area contributed by atoms with E-state index in [0.29, 0.717) is 17.0 Å². The Kier molecular flexibility index (Phi) is 4.20. The van der Waals surface area contributed by atoms with Gasteiger partial charge in [0.15, 0.2) is 11.5 Å². The van der Waals surface area contributed by atoms with Gasteiger partial charge in [0, 0.05) is 29.1 Å². The van der Waals surface area contributed by atoms with E-state index in [9.17, 15) is 4.79 Å². The van der Waals surface area contributed by atoms with Crippen LogP contribution < -0.4 is 9.78 Å². The van der Waals surface area contributed by atoms with Crippen molar-refractivity contribution in [3.8, 4) is 11.5 Å². The molecule has 21 heavy (non-hydrogen) atoms. The molecule has 0 radical (unpaired) electrons. The van der Waals surface area contributed by atoms with Crippen LogP contribution in [0, 0.1) is 5.41 Å². The lowest BCUT2D eigenvalue weighted by atomic mass is 9.95. The van der Waals surface area contributed by atoms with E-state index in [1.165, 1.54) is 14.2 Å². The molecule has 0 spiro atoms. The Hall–Kier alpha value is -2.05. The third-order valence-electron chi connectivity index (χ3n) is 2.96. The highest BCUT2D eigenvalue weighted by Crippen LogP contribution is 2.33. The van der Waals surface area contributed by atoms with Gasteiger partial charge in [0.2, 0.25) is 5.91 Å². The third kappa shape index (κ3) is 3.01. The molecular formula is C15H19NO5. The summed E-state index contributed by atoms with van der Waals surface area (Å²) in [6, 6.07) is 5.14. The van der Waals surface area contributed by atoms with Crippen molar-refractivity contribution < 1.29 is 24.3 Å². The predicted octanol–water partition coefficient (Wildman–Crippen LogP) is 3.21. The molecule has 1 aromatic heterocycles. The summed E-state index contributed by atoms with van der Waals surface area (Å²) in [7, 11) is 2.81. The van der Waals surface area contributed by atoms with E-state index in [1.54, 1.807) is 29.0 Å². The van der Waals surface area contributed by atoms with E-state index in [0.717, 1.165) is 5.39 Å². The topological polar surface area (TPSA) is 58.9 Å². The van der Waals surface area contributed by atoms with Gasteiger partial charge in [-0.25, -0.2) is 0 Å². The molecule has 0 aliphatic heterocycles. The summed E-state index contributed by atoms with van der Waals surface area (Å²) < 4.78 is 1.57. The van der Waals surface area contributed by atoms with Gasteiger partial charge in [0.05, 0.1) is 19.7 Å². The fraction of sp³-hybridized carbons (Fsp3) is 0.400. The van der Waals surface area contributed by atoms with Crippen LogP contribution in [0.3, 0.4) is 0 Å². The molecule has 0 fully saturated rings. The Balaban J connectivity index is 2.62. The molecule has 2 aromatic rings. The first-order valence-corrected chi connectivity index (χ1v) is 6.49. The number of aromatic nitrogens is 1. The predicted molar refractivity (Wildman–Crippen MR) is 77.3 cm³/mol. The van der Waals surface area contributed by atoms with Gasteiger partial charge in [-0.1, -0.05) is 20.8 Å². The number of fused-ring (bicyclic) bond motifs is 1. The number of nitrogens with zero attached hydrogens (tertiary/aromatic N) is 1. The highest BCUT2D eigenvalue weighted by Gasteiger charge is 2.25. The van der Waals surface area contributed by atoms with E-state index in [-0.39, 0.29) is 5.91 Å². The van der Waals surface area contributed by atoms with Gasteiger partial charge in [-0.2, -0.15) is 9.78 Å². The SMILES string of the molecule is COOc1cc(OOC)c2ccn(C(=O)C(C)(C)C)c2c1. The van der Waals surface area contributed by atoms with Crippen molar-refractivity contribution in [2.24, 2.45) is 5.41 Å². The first-order valence-electron chi connectivity index (χ1n) is 6.49. The first kappa shape index (κ1) is 15.3. The van der Waals surface area contributed by atoms with Crippen molar-refractivity contribution in [2.45, 2.75) is 20.8 Å². The smallest absolute Gasteiger partial charge is 0.236 e. The fourth-order valence-corrected chi connectivity index (χ4v) is 2.03. The second-order valence-electron chi connectivity index (χ2n) is 5.60. The Morgan fingerprint density at radius 3 is 2.33 bits per heavy atom. The summed E-state index contributed by atoms with van der Waals surface area (Å²) in [6.45, 7) is 5.59. The maximum Gasteiger partial charge on any atom is 0.236 e. The quantitative estimate of drug-likeness (QED) is 0.640. The molecule has 0 aliphatic carbocycles. The van der Waals surface area contributed by atoms with Crippen molar-refractivity contribution in [1.82, 2.24) is 4.57 Å². The van der Waals surface area contributed by atoms with Gasteiger partial charge < -0.3 is 9.78 Å². The molecule has 0 bridgehead atoms. The zero-order valence-electron chi connectivity index (χ0n) is 12.8. The molecule has 0 atom stereocenters. The number of carbonyl (C=O) groups excluding carboxylic acids is 1. The fourth-order valence-electron chi connectivity index (χ4n) is 2.03. The van der Waals surface area contributed by atoms with E-state index >= 15 is 0 Å². The standard InChI is InChI=1S/C15H19NO5/c1-15(2,3)14(17)16-7-6-11-12(16)8-10(20-18-4)9-13(11)21-19-5/h6-9H,1-5H3. The van der Waals surface area contributed by atoms with Crippen LogP contribution in [0.1, 0.15) is 25.6 Å². The Labute approximate surface area is 123 Å². The highest BCUT2D eigenvalue weighted by molar-refractivity contribution is 5.97. The summed E-state index contributed by atoms with van der Waals surface area (Å²) in [6.07, 6.45) is 1.71. The van der Waals surface area contributed by atoms with Crippen molar-refractivity contribution in [2.75, 3.05) is 14.2 Å². The molecule has 6 heteroatoms. The maximum absolute atomic E-state index is 12.5. The van der Waals surface area contributed by atoms with Crippen LogP contribution >= 0.6 is 0 Å². The minimum atomic E-state index is -0.508. The molecule has 1 aromatic carbocycles. The largest absolute Gasteiger partial charge is 0.338 e. The lowest BCUT2D eigenvalue weighted by molar-refractivity contribution is -0.183. The summed E-state index contributed by atoms with van der Waals surface area (Å²) in [4.78, 5) is 32.0. The summed E-state index contributed by atoms with van der Waals surface area (Å²) in [5.74, 6) is 0.830. The van der Waals surface area contributed by atoms with Gasteiger partial charge in [0.25, 0.3) is 0 Å². The first-order chi connectivity index (χ1) is 9.88. The van der Waals surface area contributed by atoms with Crippen LogP contribution in [-0.2, 0) is 9.78 Å². The van der Waals surface area contributed by atoms with Gasteiger partial charge in [-0.3, -0.25) is 9.36 Å². The second kappa shape index (κ2) is 5.75. The summed E-state index contributed by atoms with van der Waals surface area (Å²) in [5.41, 5.74) is 0.156. The molecule has 114 valence electrons. The number of carbonyl (C=O) groups is 1. The average Bonchev–Trinajstić information content (AvgIpc) is 2.81. The second-order valence-corrected chi connectivity index (χ2v) is 5.60. The van der Waals surface area contributed by atoms with Gasteiger partial charge in [-0.05, 0) is 6.07 Å². The molecule has 2 rings (SSSR count). The number of rotatable bonds is 4. The van der Waals surface area contributed by atoms with Crippen molar-refractivity contribution in [3.05, 3.63) is 24.4 Å². The molecule has 6 nitrogen and oxygen atoms in total. The number of benzene rings is 1. The van der Waals surface area contributed by atoms with E-state index in [1.807, 2.05) is 20.8 Å². The lowest BCUT2D eigenvalue weighted by Gasteiger charge is -2.18. The van der Waals surface area contributed by atoms with Gasteiger partial charge >= 0.3 is 0 Å². The zero-order valence-corrected chi connectivity index (χ0v) is 12.8.